The van der Waals surface area contributed by atoms with Crippen LogP contribution in [0.15, 0.2) is 33.9 Å². The Bertz CT molecular complexity index is 850. The van der Waals surface area contributed by atoms with Gasteiger partial charge in [-0.2, -0.15) is 0 Å². The lowest BCUT2D eigenvalue weighted by Crippen LogP contribution is -2.38. The molecule has 0 spiro atoms. The fourth-order valence-corrected chi connectivity index (χ4v) is 1.90. The predicted molar refractivity (Wildman–Crippen MR) is 71.6 cm³/mol. The van der Waals surface area contributed by atoms with Crippen molar-refractivity contribution in [2.45, 2.75) is 0 Å². The highest BCUT2D eigenvalue weighted by atomic mass is 35.5. The molecule has 0 bridgehead atoms. The monoisotopic (exact) mass is 310 g/mol. The lowest BCUT2D eigenvalue weighted by atomic mass is 10.2. The summed E-state index contributed by atoms with van der Waals surface area (Å²) in [4.78, 5) is 47.5. The smallest absolute Gasteiger partial charge is 0.354 e. The lowest BCUT2D eigenvalue weighted by molar-refractivity contribution is 0.0640. The van der Waals surface area contributed by atoms with Gasteiger partial charge in [0.2, 0.25) is 0 Å². The molecular weight excluding hydrogens is 304 g/mol. The van der Waals surface area contributed by atoms with Gasteiger partial charge in [-0.3, -0.25) is 14.3 Å². The molecule has 1 aromatic heterocycles. The number of nitrogens with zero attached hydrogens (tertiary/aromatic N) is 1. The first-order valence-electron chi connectivity index (χ1n) is 5.44. The van der Waals surface area contributed by atoms with Crippen molar-refractivity contribution in [3.63, 3.8) is 0 Å². The quantitative estimate of drug-likeness (QED) is 0.760. The topological polar surface area (TPSA) is 129 Å². The van der Waals surface area contributed by atoms with Crippen molar-refractivity contribution in [1.29, 1.82) is 0 Å². The normalized spacial score (nSPS) is 10.3. The van der Waals surface area contributed by atoms with Crippen molar-refractivity contribution in [3.05, 3.63) is 61.4 Å². The molecule has 0 aliphatic rings. The Kier molecular flexibility index (Phi) is 3.64. The van der Waals surface area contributed by atoms with Crippen LogP contribution < -0.4 is 11.2 Å². The molecule has 3 N–H and O–H groups in total. The van der Waals surface area contributed by atoms with Gasteiger partial charge in [-0.1, -0.05) is 11.6 Å². The molecule has 0 amide bonds. The molecule has 8 nitrogen and oxygen atoms in total. The Morgan fingerprint density at radius 3 is 2.10 bits per heavy atom. The van der Waals surface area contributed by atoms with E-state index in [1.165, 1.54) is 24.3 Å². The second kappa shape index (κ2) is 5.25. The molecule has 0 unspecified atom stereocenters. The largest absolute Gasteiger partial charge is 0.477 e. The van der Waals surface area contributed by atoms with E-state index in [1.807, 2.05) is 0 Å². The molecular formula is C12H7ClN2O6. The van der Waals surface area contributed by atoms with Crippen LogP contribution in [0.2, 0.25) is 5.02 Å². The minimum atomic E-state index is -1.75. The summed E-state index contributed by atoms with van der Waals surface area (Å²) in [6.45, 7) is 0. The number of hydrogen-bond acceptors (Lipinski definition) is 4. The molecule has 0 radical (unpaired) electrons. The van der Waals surface area contributed by atoms with E-state index < -0.39 is 34.4 Å². The maximum atomic E-state index is 11.8. The Morgan fingerprint density at radius 2 is 1.62 bits per heavy atom. The van der Waals surface area contributed by atoms with E-state index in [0.29, 0.717) is 9.59 Å². The fraction of sp³-hybridized carbons (Fsp3) is 0. The molecule has 108 valence electrons. The summed E-state index contributed by atoms with van der Waals surface area (Å²) in [6, 6.07) is 5.42. The summed E-state index contributed by atoms with van der Waals surface area (Å²) in [6.07, 6.45) is 0. The predicted octanol–water partition coefficient (Wildman–Crippen LogP) is 0.576. The van der Waals surface area contributed by atoms with Crippen molar-refractivity contribution in [1.82, 2.24) is 9.55 Å². The molecule has 0 saturated carbocycles. The third kappa shape index (κ3) is 2.56. The summed E-state index contributed by atoms with van der Waals surface area (Å²) in [5, 5.41) is 18.5. The van der Waals surface area contributed by atoms with Gasteiger partial charge in [-0.25, -0.2) is 14.4 Å². The molecule has 2 rings (SSSR count). The van der Waals surface area contributed by atoms with Gasteiger partial charge < -0.3 is 10.2 Å². The zero-order chi connectivity index (χ0) is 15.7. The number of carboxylic acid groups (broad SMARTS) is 2. The third-order valence-electron chi connectivity index (χ3n) is 2.61. The van der Waals surface area contributed by atoms with Crippen LogP contribution in [0.1, 0.15) is 20.8 Å². The van der Waals surface area contributed by atoms with Gasteiger partial charge in [-0.15, -0.1) is 0 Å². The zero-order valence-corrected chi connectivity index (χ0v) is 10.9. The van der Waals surface area contributed by atoms with Crippen molar-refractivity contribution in [3.8, 4) is 5.69 Å². The molecule has 0 aliphatic carbocycles. The summed E-state index contributed by atoms with van der Waals surface area (Å²) >= 11 is 5.69. The number of H-pyrrole nitrogens is 1. The van der Waals surface area contributed by atoms with Crippen molar-refractivity contribution in [2.75, 3.05) is 0 Å². The Morgan fingerprint density at radius 1 is 1.05 bits per heavy atom. The average Bonchev–Trinajstić information content (AvgIpc) is 2.38. The fourth-order valence-electron chi connectivity index (χ4n) is 1.77. The Balaban J connectivity index is 2.94. The van der Waals surface area contributed by atoms with Crippen LogP contribution >= 0.6 is 11.6 Å². The number of rotatable bonds is 3. The van der Waals surface area contributed by atoms with Crippen LogP contribution in [0.4, 0.5) is 0 Å². The first-order chi connectivity index (χ1) is 9.82. The zero-order valence-electron chi connectivity index (χ0n) is 10.2. The second-order valence-electron chi connectivity index (χ2n) is 3.91. The van der Waals surface area contributed by atoms with E-state index in [1.54, 1.807) is 4.98 Å². The molecule has 1 aromatic carbocycles. The van der Waals surface area contributed by atoms with E-state index in [4.69, 9.17) is 21.8 Å². The molecule has 21 heavy (non-hydrogen) atoms. The second-order valence-corrected chi connectivity index (χ2v) is 4.34. The number of carbonyl (C=O) groups is 2. The van der Waals surface area contributed by atoms with Gasteiger partial charge in [0, 0.05) is 5.02 Å². The van der Waals surface area contributed by atoms with Crippen molar-refractivity contribution in [2.24, 2.45) is 0 Å². The van der Waals surface area contributed by atoms with Gasteiger partial charge in [-0.05, 0) is 24.3 Å². The minimum Gasteiger partial charge on any atom is -0.477 e. The van der Waals surface area contributed by atoms with Gasteiger partial charge in [0.1, 0.15) is 0 Å². The van der Waals surface area contributed by atoms with Crippen LogP contribution in [0.3, 0.4) is 0 Å². The van der Waals surface area contributed by atoms with Crippen molar-refractivity contribution >= 4 is 23.5 Å². The number of aromatic amines is 1. The molecule has 1 heterocycles. The van der Waals surface area contributed by atoms with Crippen LogP contribution in [-0.2, 0) is 0 Å². The Labute approximate surface area is 120 Å². The molecule has 0 aliphatic heterocycles. The van der Waals surface area contributed by atoms with Gasteiger partial charge in [0.15, 0.2) is 11.3 Å². The number of aromatic nitrogens is 2. The number of halogens is 1. The summed E-state index contributed by atoms with van der Waals surface area (Å²) in [5.74, 6) is -3.47. The number of nitrogens with one attached hydrogen (secondary N) is 1. The first kappa shape index (κ1) is 14.5. The standard InChI is InChI=1S/C12H7ClN2O6/c13-5-1-3-6(4-2-5)15-8(11(19)20)7(10(17)18)9(16)14-12(15)21/h1-4H,(H,17,18)(H,19,20)(H,14,16,21). The van der Waals surface area contributed by atoms with Crippen LogP contribution in [0, 0.1) is 0 Å². The summed E-state index contributed by atoms with van der Waals surface area (Å²) < 4.78 is 0.587. The van der Waals surface area contributed by atoms with E-state index in [-0.39, 0.29) is 5.69 Å². The molecule has 2 aromatic rings. The lowest BCUT2D eigenvalue weighted by Gasteiger charge is -2.11. The average molecular weight is 311 g/mol. The van der Waals surface area contributed by atoms with E-state index in [2.05, 4.69) is 0 Å². The summed E-state index contributed by atoms with van der Waals surface area (Å²) in [7, 11) is 0. The van der Waals surface area contributed by atoms with Crippen molar-refractivity contribution < 1.29 is 19.8 Å². The minimum absolute atomic E-state index is 0.0561. The SMILES string of the molecule is O=C(O)c1c(C(=O)O)n(-c2ccc(Cl)cc2)c(=O)[nH]c1=O. The number of benzene rings is 1. The van der Waals surface area contributed by atoms with Gasteiger partial charge in [0.05, 0.1) is 5.69 Å². The van der Waals surface area contributed by atoms with Gasteiger partial charge in [0.25, 0.3) is 5.56 Å². The molecule has 0 fully saturated rings. The molecule has 0 atom stereocenters. The number of hydrogen-bond donors (Lipinski definition) is 3. The maximum Gasteiger partial charge on any atom is 0.354 e. The van der Waals surface area contributed by atoms with E-state index >= 15 is 0 Å². The maximum absolute atomic E-state index is 11.8. The molecule has 0 saturated heterocycles. The number of carboxylic acids is 2. The van der Waals surface area contributed by atoms with Gasteiger partial charge >= 0.3 is 17.6 Å². The van der Waals surface area contributed by atoms with Crippen LogP contribution in [0.5, 0.6) is 0 Å². The highest BCUT2D eigenvalue weighted by Gasteiger charge is 2.26. The van der Waals surface area contributed by atoms with E-state index in [0.717, 1.165) is 0 Å². The van der Waals surface area contributed by atoms with Crippen LogP contribution in [-0.4, -0.2) is 31.7 Å². The Hall–Kier alpha value is -2.87. The highest BCUT2D eigenvalue weighted by molar-refractivity contribution is 6.30. The van der Waals surface area contributed by atoms with E-state index in [9.17, 15) is 19.2 Å². The highest BCUT2D eigenvalue weighted by Crippen LogP contribution is 2.14. The number of aromatic carboxylic acids is 2. The van der Waals surface area contributed by atoms with Crippen LogP contribution in [0.25, 0.3) is 5.69 Å². The third-order valence-corrected chi connectivity index (χ3v) is 2.86. The molecule has 9 heteroatoms. The first-order valence-corrected chi connectivity index (χ1v) is 5.82. The summed E-state index contributed by atoms with van der Waals surface area (Å²) in [5.41, 5.74) is -4.25.